The fraction of sp³-hybridized carbons (Fsp3) is 0.538. The Labute approximate surface area is 107 Å². The van der Waals surface area contributed by atoms with Crippen LogP contribution in [0.3, 0.4) is 0 Å². The van der Waals surface area contributed by atoms with Crippen LogP contribution in [-0.2, 0) is 11.3 Å². The molecule has 2 rings (SSSR count). The van der Waals surface area contributed by atoms with Crippen LogP contribution in [0.1, 0.15) is 12.1 Å². The molecule has 0 aromatic carbocycles. The van der Waals surface area contributed by atoms with E-state index in [9.17, 15) is 4.79 Å². The number of likely N-dealkylation sites (tertiary alicyclic amines) is 1. The second kappa shape index (κ2) is 5.93. The minimum absolute atomic E-state index is 0.113. The summed E-state index contributed by atoms with van der Waals surface area (Å²) < 4.78 is 0. The first-order valence-corrected chi connectivity index (χ1v) is 6.19. The Kier molecular flexibility index (Phi) is 4.28. The minimum Gasteiger partial charge on any atom is -0.480 e. The molecule has 0 saturated carbocycles. The Bertz CT molecular complexity index is 396. The van der Waals surface area contributed by atoms with Crippen LogP contribution in [0, 0.1) is 0 Å². The predicted octanol–water partition coefficient (Wildman–Crippen LogP) is 0.672. The molecule has 0 spiro atoms. The largest absolute Gasteiger partial charge is 0.480 e. The summed E-state index contributed by atoms with van der Waals surface area (Å²) >= 11 is 0. The molecule has 98 valence electrons. The van der Waals surface area contributed by atoms with Gasteiger partial charge in [-0.05, 0) is 25.6 Å². The Morgan fingerprint density at radius 2 is 2.44 bits per heavy atom. The highest BCUT2D eigenvalue weighted by Crippen LogP contribution is 2.16. The summed E-state index contributed by atoms with van der Waals surface area (Å²) in [7, 11) is 1.88. The normalized spacial score (nSPS) is 20.4. The van der Waals surface area contributed by atoms with Crippen molar-refractivity contribution < 1.29 is 9.90 Å². The third kappa shape index (κ3) is 3.51. The number of hydrogen-bond donors (Lipinski definition) is 1. The van der Waals surface area contributed by atoms with Crippen molar-refractivity contribution in [2.75, 3.05) is 26.7 Å². The molecular weight excluding hydrogens is 230 g/mol. The zero-order chi connectivity index (χ0) is 13.0. The second-order valence-corrected chi connectivity index (χ2v) is 4.81. The molecule has 1 aromatic heterocycles. The first kappa shape index (κ1) is 13.0. The van der Waals surface area contributed by atoms with Gasteiger partial charge in [-0.1, -0.05) is 6.07 Å². The van der Waals surface area contributed by atoms with Crippen LogP contribution >= 0.6 is 0 Å². The van der Waals surface area contributed by atoms with Crippen LogP contribution in [0.2, 0.25) is 0 Å². The molecule has 1 saturated heterocycles. The molecule has 18 heavy (non-hydrogen) atoms. The lowest BCUT2D eigenvalue weighted by Crippen LogP contribution is -2.37. The van der Waals surface area contributed by atoms with Crippen molar-refractivity contribution in [2.24, 2.45) is 0 Å². The van der Waals surface area contributed by atoms with E-state index >= 15 is 0 Å². The zero-order valence-electron chi connectivity index (χ0n) is 10.6. The molecule has 2 heterocycles. The molecule has 5 nitrogen and oxygen atoms in total. The number of nitrogens with zero attached hydrogens (tertiary/aromatic N) is 3. The Morgan fingerprint density at radius 3 is 3.11 bits per heavy atom. The van der Waals surface area contributed by atoms with Crippen molar-refractivity contribution in [2.45, 2.75) is 19.0 Å². The average molecular weight is 249 g/mol. The van der Waals surface area contributed by atoms with E-state index in [1.54, 1.807) is 6.20 Å². The SMILES string of the molecule is CN(CC(=O)O)C1CCN(Cc2ccccn2)C1. The van der Waals surface area contributed by atoms with Gasteiger partial charge in [-0.3, -0.25) is 19.6 Å². The molecule has 1 N–H and O–H groups in total. The van der Waals surface area contributed by atoms with Crippen molar-refractivity contribution in [1.29, 1.82) is 0 Å². The van der Waals surface area contributed by atoms with Crippen LogP contribution in [-0.4, -0.2) is 58.6 Å². The second-order valence-electron chi connectivity index (χ2n) is 4.81. The van der Waals surface area contributed by atoms with Gasteiger partial charge in [0.1, 0.15) is 0 Å². The number of aliphatic carboxylic acids is 1. The highest BCUT2D eigenvalue weighted by atomic mass is 16.4. The first-order valence-electron chi connectivity index (χ1n) is 6.19. The lowest BCUT2D eigenvalue weighted by atomic mass is 10.2. The quantitative estimate of drug-likeness (QED) is 0.831. The highest BCUT2D eigenvalue weighted by molar-refractivity contribution is 5.69. The maximum atomic E-state index is 10.7. The van der Waals surface area contributed by atoms with Crippen LogP contribution in [0.5, 0.6) is 0 Å². The highest BCUT2D eigenvalue weighted by Gasteiger charge is 2.26. The summed E-state index contributed by atoms with van der Waals surface area (Å²) in [6, 6.07) is 6.27. The third-order valence-electron chi connectivity index (χ3n) is 3.37. The smallest absolute Gasteiger partial charge is 0.317 e. The molecule has 5 heteroatoms. The van der Waals surface area contributed by atoms with Gasteiger partial charge in [-0.2, -0.15) is 0 Å². The predicted molar refractivity (Wildman–Crippen MR) is 68.2 cm³/mol. The Morgan fingerprint density at radius 1 is 1.61 bits per heavy atom. The van der Waals surface area contributed by atoms with Crippen molar-refractivity contribution in [3.63, 3.8) is 0 Å². The van der Waals surface area contributed by atoms with E-state index in [2.05, 4.69) is 9.88 Å². The molecule has 0 bridgehead atoms. The van der Waals surface area contributed by atoms with E-state index in [4.69, 9.17) is 5.11 Å². The van der Waals surface area contributed by atoms with Crippen LogP contribution in [0.4, 0.5) is 0 Å². The summed E-state index contributed by atoms with van der Waals surface area (Å²) in [5.74, 6) is -0.763. The number of carboxylic acid groups (broad SMARTS) is 1. The van der Waals surface area contributed by atoms with E-state index in [-0.39, 0.29) is 6.54 Å². The van der Waals surface area contributed by atoms with Gasteiger partial charge >= 0.3 is 5.97 Å². The van der Waals surface area contributed by atoms with E-state index < -0.39 is 5.97 Å². The first-order chi connectivity index (χ1) is 8.65. The average Bonchev–Trinajstić information content (AvgIpc) is 2.78. The molecule has 1 unspecified atom stereocenters. The van der Waals surface area contributed by atoms with Gasteiger partial charge in [-0.25, -0.2) is 0 Å². The number of carboxylic acids is 1. The third-order valence-corrected chi connectivity index (χ3v) is 3.37. The summed E-state index contributed by atoms with van der Waals surface area (Å²) in [5.41, 5.74) is 1.07. The van der Waals surface area contributed by atoms with E-state index in [1.807, 2.05) is 30.1 Å². The molecule has 1 aromatic rings. The van der Waals surface area contributed by atoms with E-state index in [1.165, 1.54) is 0 Å². The van der Waals surface area contributed by atoms with Crippen molar-refractivity contribution in [1.82, 2.24) is 14.8 Å². The molecule has 1 atom stereocenters. The summed E-state index contributed by atoms with van der Waals surface area (Å²) in [6.45, 7) is 2.88. The maximum absolute atomic E-state index is 10.7. The monoisotopic (exact) mass is 249 g/mol. The van der Waals surface area contributed by atoms with Gasteiger partial charge < -0.3 is 5.11 Å². The van der Waals surface area contributed by atoms with Crippen LogP contribution in [0.25, 0.3) is 0 Å². The van der Waals surface area contributed by atoms with E-state index in [0.717, 1.165) is 31.7 Å². The number of pyridine rings is 1. The minimum atomic E-state index is -0.763. The molecule has 0 aliphatic carbocycles. The molecular formula is C13H19N3O2. The molecule has 0 radical (unpaired) electrons. The van der Waals surface area contributed by atoms with Crippen molar-refractivity contribution in [3.05, 3.63) is 30.1 Å². The van der Waals surface area contributed by atoms with Gasteiger partial charge in [-0.15, -0.1) is 0 Å². The molecule has 1 fully saturated rings. The Hall–Kier alpha value is -1.46. The summed E-state index contributed by atoms with van der Waals surface area (Å²) in [6.07, 6.45) is 2.83. The standard InChI is InChI=1S/C13H19N3O2/c1-15(10-13(17)18)12-5-7-16(9-12)8-11-4-2-3-6-14-11/h2-4,6,12H,5,7-10H2,1H3,(H,17,18). The van der Waals surface area contributed by atoms with E-state index in [0.29, 0.717) is 6.04 Å². The van der Waals surface area contributed by atoms with Crippen LogP contribution in [0.15, 0.2) is 24.4 Å². The van der Waals surface area contributed by atoms with Gasteiger partial charge in [0.15, 0.2) is 0 Å². The number of carbonyl (C=O) groups is 1. The van der Waals surface area contributed by atoms with Gasteiger partial charge in [0, 0.05) is 31.9 Å². The Balaban J connectivity index is 1.83. The fourth-order valence-electron chi connectivity index (χ4n) is 2.38. The number of rotatable bonds is 5. The van der Waals surface area contributed by atoms with Gasteiger partial charge in [0.05, 0.1) is 12.2 Å². The number of likely N-dealkylation sites (N-methyl/N-ethyl adjacent to an activating group) is 1. The van der Waals surface area contributed by atoms with Gasteiger partial charge in [0.25, 0.3) is 0 Å². The molecule has 1 aliphatic heterocycles. The summed E-state index contributed by atoms with van der Waals surface area (Å²) in [5, 5.41) is 8.78. The molecule has 0 amide bonds. The van der Waals surface area contributed by atoms with Crippen molar-refractivity contribution in [3.8, 4) is 0 Å². The number of hydrogen-bond acceptors (Lipinski definition) is 4. The maximum Gasteiger partial charge on any atom is 0.317 e. The lowest BCUT2D eigenvalue weighted by Gasteiger charge is -2.22. The molecule has 1 aliphatic rings. The lowest BCUT2D eigenvalue weighted by molar-refractivity contribution is -0.138. The van der Waals surface area contributed by atoms with Crippen LogP contribution < -0.4 is 0 Å². The van der Waals surface area contributed by atoms with Crippen molar-refractivity contribution >= 4 is 5.97 Å². The topological polar surface area (TPSA) is 56.7 Å². The summed E-state index contributed by atoms with van der Waals surface area (Å²) in [4.78, 5) is 19.2. The zero-order valence-corrected chi connectivity index (χ0v) is 10.6. The number of aromatic nitrogens is 1. The fourth-order valence-corrected chi connectivity index (χ4v) is 2.38. The van der Waals surface area contributed by atoms with Gasteiger partial charge in [0.2, 0.25) is 0 Å².